The summed E-state index contributed by atoms with van der Waals surface area (Å²) >= 11 is 3.05. The smallest absolute Gasteiger partial charge is 0.242 e. The highest BCUT2D eigenvalue weighted by atomic mass is 79.9. The van der Waals surface area contributed by atoms with Gasteiger partial charge in [0.05, 0.1) is 16.3 Å². The first kappa shape index (κ1) is 20.5. The number of benzene rings is 2. The Morgan fingerprint density at radius 1 is 1.08 bits per heavy atom. The molecule has 0 bridgehead atoms. The Bertz CT molecular complexity index is 1040. The van der Waals surface area contributed by atoms with E-state index in [9.17, 15) is 26.0 Å². The van der Waals surface area contributed by atoms with Crippen LogP contribution in [0.25, 0.3) is 0 Å². The maximum atomic E-state index is 12.8. The standard InChI is InChI=1S/C15H14BrFN2O5S2/c1-25(21,22)12-6-7-13(16)14(8-12)26(23,24)18-9-15(20)19-11-4-2-10(17)3-5-11/h2-8,18H,9H2,1H3,(H,19,20). The first-order chi connectivity index (χ1) is 12.0. The Kier molecular flexibility index (Phi) is 6.17. The fourth-order valence-electron chi connectivity index (χ4n) is 1.90. The summed E-state index contributed by atoms with van der Waals surface area (Å²) in [6.45, 7) is -0.588. The van der Waals surface area contributed by atoms with Crippen molar-refractivity contribution in [3.05, 3.63) is 52.8 Å². The average Bonchev–Trinajstić information content (AvgIpc) is 2.54. The Morgan fingerprint density at radius 3 is 2.27 bits per heavy atom. The maximum absolute atomic E-state index is 12.8. The number of anilines is 1. The zero-order chi connectivity index (χ0) is 19.5. The normalized spacial score (nSPS) is 12.0. The van der Waals surface area contributed by atoms with Gasteiger partial charge in [-0.2, -0.15) is 0 Å². The molecule has 11 heteroatoms. The van der Waals surface area contributed by atoms with Gasteiger partial charge in [-0.3, -0.25) is 4.79 Å². The van der Waals surface area contributed by atoms with Gasteiger partial charge >= 0.3 is 0 Å². The van der Waals surface area contributed by atoms with Crippen molar-refractivity contribution < 1.29 is 26.0 Å². The van der Waals surface area contributed by atoms with Crippen LogP contribution in [-0.2, 0) is 24.7 Å². The van der Waals surface area contributed by atoms with Crippen LogP contribution in [0.15, 0.2) is 56.7 Å². The molecule has 0 atom stereocenters. The van der Waals surface area contributed by atoms with Crippen molar-refractivity contribution in [3.63, 3.8) is 0 Å². The van der Waals surface area contributed by atoms with E-state index in [0.717, 1.165) is 24.5 Å². The molecule has 0 aromatic heterocycles. The summed E-state index contributed by atoms with van der Waals surface area (Å²) in [5, 5.41) is 2.40. The predicted octanol–water partition coefficient (Wildman–Crippen LogP) is 1.91. The average molecular weight is 465 g/mol. The van der Waals surface area contributed by atoms with Crippen LogP contribution < -0.4 is 10.0 Å². The number of sulfonamides is 1. The van der Waals surface area contributed by atoms with E-state index in [4.69, 9.17) is 0 Å². The molecule has 2 aromatic carbocycles. The van der Waals surface area contributed by atoms with Crippen LogP contribution in [0, 0.1) is 5.82 Å². The fourth-order valence-corrected chi connectivity index (χ4v) is 4.59. The highest BCUT2D eigenvalue weighted by molar-refractivity contribution is 9.10. The largest absolute Gasteiger partial charge is 0.325 e. The summed E-state index contributed by atoms with van der Waals surface area (Å²) in [5.74, 6) is -1.14. The van der Waals surface area contributed by atoms with E-state index in [1.165, 1.54) is 24.3 Å². The molecule has 0 saturated heterocycles. The molecule has 0 spiro atoms. The van der Waals surface area contributed by atoms with Crippen molar-refractivity contribution in [1.82, 2.24) is 4.72 Å². The first-order valence-corrected chi connectivity index (χ1v) is 11.2. The molecule has 0 radical (unpaired) electrons. The number of carbonyl (C=O) groups is 1. The summed E-state index contributed by atoms with van der Waals surface area (Å²) < 4.78 is 63.0. The number of rotatable bonds is 6. The van der Waals surface area contributed by atoms with Crippen molar-refractivity contribution in [2.24, 2.45) is 0 Å². The second-order valence-corrected chi connectivity index (χ2v) is 9.85. The van der Waals surface area contributed by atoms with Gasteiger partial charge < -0.3 is 5.32 Å². The van der Waals surface area contributed by atoms with Gasteiger partial charge in [0.1, 0.15) is 5.82 Å². The van der Waals surface area contributed by atoms with Crippen LogP contribution in [0.3, 0.4) is 0 Å². The van der Waals surface area contributed by atoms with Crippen LogP contribution in [0.1, 0.15) is 0 Å². The lowest BCUT2D eigenvalue weighted by molar-refractivity contribution is -0.115. The number of carbonyl (C=O) groups excluding carboxylic acids is 1. The van der Waals surface area contributed by atoms with E-state index in [1.54, 1.807) is 0 Å². The molecule has 7 nitrogen and oxygen atoms in total. The number of sulfone groups is 1. The molecular formula is C15H14BrFN2O5S2. The van der Waals surface area contributed by atoms with Crippen LogP contribution in [0.5, 0.6) is 0 Å². The molecule has 0 aliphatic rings. The van der Waals surface area contributed by atoms with Gasteiger partial charge in [-0.15, -0.1) is 0 Å². The molecule has 140 valence electrons. The van der Waals surface area contributed by atoms with Gasteiger partial charge in [0.2, 0.25) is 15.9 Å². The van der Waals surface area contributed by atoms with Crippen molar-refractivity contribution in [1.29, 1.82) is 0 Å². The summed E-state index contributed by atoms with van der Waals surface area (Å²) in [6, 6.07) is 8.51. The van der Waals surface area contributed by atoms with E-state index in [1.807, 2.05) is 0 Å². The van der Waals surface area contributed by atoms with E-state index in [-0.39, 0.29) is 14.3 Å². The third-order valence-corrected chi connectivity index (χ3v) is 6.68. The second-order valence-electron chi connectivity index (χ2n) is 5.24. The van der Waals surface area contributed by atoms with Crippen molar-refractivity contribution >= 4 is 47.4 Å². The number of hydrogen-bond acceptors (Lipinski definition) is 5. The maximum Gasteiger partial charge on any atom is 0.242 e. The number of nitrogens with one attached hydrogen (secondary N) is 2. The lowest BCUT2D eigenvalue weighted by atomic mass is 10.3. The third-order valence-electron chi connectivity index (χ3n) is 3.17. The van der Waals surface area contributed by atoms with Crippen LogP contribution >= 0.6 is 15.9 Å². The van der Waals surface area contributed by atoms with Crippen LogP contribution in [0.2, 0.25) is 0 Å². The van der Waals surface area contributed by atoms with E-state index in [0.29, 0.717) is 5.69 Å². The summed E-state index contributed by atoms with van der Waals surface area (Å²) in [6.07, 6.45) is 0.955. The molecule has 26 heavy (non-hydrogen) atoms. The first-order valence-electron chi connectivity index (χ1n) is 7.04. The minimum Gasteiger partial charge on any atom is -0.325 e. The van der Waals surface area contributed by atoms with E-state index in [2.05, 4.69) is 26.0 Å². The summed E-state index contributed by atoms with van der Waals surface area (Å²) in [5.41, 5.74) is 0.302. The highest BCUT2D eigenvalue weighted by Crippen LogP contribution is 2.25. The Hall–Kier alpha value is -1.82. The van der Waals surface area contributed by atoms with Crippen LogP contribution in [-0.4, -0.2) is 35.5 Å². The molecule has 2 aromatic rings. The van der Waals surface area contributed by atoms with Crippen molar-refractivity contribution in [2.45, 2.75) is 9.79 Å². The minimum absolute atomic E-state index is 0.149. The topological polar surface area (TPSA) is 109 Å². The van der Waals surface area contributed by atoms with Crippen molar-refractivity contribution in [3.8, 4) is 0 Å². The Balaban J connectivity index is 2.13. The predicted molar refractivity (Wildman–Crippen MR) is 97.5 cm³/mol. The van der Waals surface area contributed by atoms with Gasteiger partial charge in [0, 0.05) is 16.4 Å². The minimum atomic E-state index is -4.15. The van der Waals surface area contributed by atoms with E-state index >= 15 is 0 Å². The number of amides is 1. The van der Waals surface area contributed by atoms with Gasteiger partial charge in [-0.05, 0) is 58.4 Å². The van der Waals surface area contributed by atoms with Gasteiger partial charge in [-0.25, -0.2) is 25.9 Å². The fraction of sp³-hybridized carbons (Fsp3) is 0.133. The molecule has 0 aliphatic carbocycles. The molecule has 0 unspecified atom stereocenters. The lowest BCUT2D eigenvalue weighted by Gasteiger charge is -2.10. The highest BCUT2D eigenvalue weighted by Gasteiger charge is 2.21. The third kappa shape index (κ3) is 5.34. The molecule has 2 rings (SSSR count). The second kappa shape index (κ2) is 7.82. The molecule has 2 N–H and O–H groups in total. The molecule has 0 aliphatic heterocycles. The SMILES string of the molecule is CS(=O)(=O)c1ccc(Br)c(S(=O)(=O)NCC(=O)Nc2ccc(F)cc2)c1. The molecule has 0 saturated carbocycles. The Morgan fingerprint density at radius 2 is 1.69 bits per heavy atom. The van der Waals surface area contributed by atoms with Crippen LogP contribution in [0.4, 0.5) is 10.1 Å². The number of halogens is 2. The summed E-state index contributed by atoms with van der Waals surface area (Å²) in [7, 11) is -7.75. The van der Waals surface area contributed by atoms with Gasteiger partial charge in [0.15, 0.2) is 9.84 Å². The zero-order valence-electron chi connectivity index (χ0n) is 13.4. The monoisotopic (exact) mass is 464 g/mol. The molecule has 0 heterocycles. The molecule has 0 fully saturated rings. The van der Waals surface area contributed by atoms with Crippen molar-refractivity contribution in [2.75, 3.05) is 18.1 Å². The van der Waals surface area contributed by atoms with E-state index < -0.39 is 38.1 Å². The molecule has 1 amide bonds. The lowest BCUT2D eigenvalue weighted by Crippen LogP contribution is -2.33. The zero-order valence-corrected chi connectivity index (χ0v) is 16.6. The molecular weight excluding hydrogens is 451 g/mol. The summed E-state index contributed by atoms with van der Waals surface area (Å²) in [4.78, 5) is 11.4. The Labute approximate surface area is 158 Å². The van der Waals surface area contributed by atoms with Gasteiger partial charge in [-0.1, -0.05) is 0 Å². The van der Waals surface area contributed by atoms with Gasteiger partial charge in [0.25, 0.3) is 0 Å². The quantitative estimate of drug-likeness (QED) is 0.678. The number of hydrogen-bond donors (Lipinski definition) is 2.